The van der Waals surface area contributed by atoms with Crippen LogP contribution in [0.25, 0.3) is 11.3 Å². The first kappa shape index (κ1) is 29.2. The molecule has 1 N–H and O–H groups in total. The number of nitrogens with zero attached hydrogens (tertiary/aromatic N) is 3. The number of carbonyl (C=O) groups excluding carboxylic acids is 1. The Morgan fingerprint density at radius 3 is 2.49 bits per heavy atom. The maximum absolute atomic E-state index is 13.0. The Labute approximate surface area is 219 Å². The molecule has 37 heavy (non-hydrogen) atoms. The Hall–Kier alpha value is -2.34. The molecule has 13 heteroatoms. The van der Waals surface area contributed by atoms with Crippen LogP contribution in [0.2, 0.25) is 5.02 Å². The van der Waals surface area contributed by atoms with E-state index in [1.165, 1.54) is 30.3 Å². The van der Waals surface area contributed by atoms with Crippen molar-refractivity contribution < 1.29 is 31.1 Å². The zero-order chi connectivity index (χ0) is 27.5. The number of nitrogens with one attached hydrogen (secondary N) is 1. The fourth-order valence-electron chi connectivity index (χ4n) is 4.52. The van der Waals surface area contributed by atoms with E-state index in [0.717, 1.165) is 6.92 Å². The average Bonchev–Trinajstić information content (AvgIpc) is 3.17. The molecular weight excluding hydrogens is 533 g/mol. The van der Waals surface area contributed by atoms with Gasteiger partial charge in [0.05, 0.1) is 34.6 Å². The Kier molecular flexibility index (Phi) is 9.15. The van der Waals surface area contributed by atoms with Crippen LogP contribution in [0.1, 0.15) is 55.7 Å². The summed E-state index contributed by atoms with van der Waals surface area (Å²) in [6.45, 7) is 3.64. The van der Waals surface area contributed by atoms with Crippen LogP contribution >= 0.6 is 11.6 Å². The molecule has 0 unspecified atom stereocenters. The molecule has 2 aromatic rings. The lowest BCUT2D eigenvalue weighted by Gasteiger charge is -2.27. The maximum atomic E-state index is 13.0. The van der Waals surface area contributed by atoms with Gasteiger partial charge in [0, 0.05) is 43.7 Å². The minimum Gasteiger partial charge on any atom is -0.496 e. The third-order valence-corrected chi connectivity index (χ3v) is 8.87. The van der Waals surface area contributed by atoms with Crippen molar-refractivity contribution in [3.05, 3.63) is 28.7 Å². The Balaban J connectivity index is 1.78. The van der Waals surface area contributed by atoms with Gasteiger partial charge in [-0.2, -0.15) is 18.3 Å². The van der Waals surface area contributed by atoms with Crippen LogP contribution in [0.15, 0.2) is 12.3 Å². The lowest BCUT2D eigenvalue weighted by atomic mass is 9.89. The zero-order valence-corrected chi connectivity index (χ0v) is 22.8. The normalized spacial score (nSPS) is 19.5. The summed E-state index contributed by atoms with van der Waals surface area (Å²) in [4.78, 5) is 17.1. The Morgan fingerprint density at radius 2 is 1.95 bits per heavy atom. The molecule has 8 nitrogen and oxygen atoms in total. The summed E-state index contributed by atoms with van der Waals surface area (Å²) in [5.41, 5.74) is 1.01. The number of alkyl halides is 3. The average molecular weight is 565 g/mol. The van der Waals surface area contributed by atoms with Crippen molar-refractivity contribution in [3.8, 4) is 17.0 Å². The SMILES string of the molecule is CCn1nc(C(=O)NCC2CCC(S(C)(=O)=O)CC2)c(Cl)c1-c1cnc(C[C@@H](C)C(F)(F)F)cc1OC. The van der Waals surface area contributed by atoms with Crippen LogP contribution in [0.4, 0.5) is 13.2 Å². The molecule has 1 saturated carbocycles. The fourth-order valence-corrected chi connectivity index (χ4v) is 5.97. The first-order chi connectivity index (χ1) is 17.3. The van der Waals surface area contributed by atoms with E-state index >= 15 is 0 Å². The summed E-state index contributed by atoms with van der Waals surface area (Å²) in [7, 11) is -1.67. The highest BCUT2D eigenvalue weighted by atomic mass is 35.5. The van der Waals surface area contributed by atoms with Crippen molar-refractivity contribution in [1.82, 2.24) is 20.1 Å². The van der Waals surface area contributed by atoms with Gasteiger partial charge < -0.3 is 10.1 Å². The maximum Gasteiger partial charge on any atom is 0.391 e. The van der Waals surface area contributed by atoms with Crippen molar-refractivity contribution in [2.75, 3.05) is 19.9 Å². The molecule has 3 rings (SSSR count). The van der Waals surface area contributed by atoms with Gasteiger partial charge in [-0.15, -0.1) is 0 Å². The monoisotopic (exact) mass is 564 g/mol. The van der Waals surface area contributed by atoms with Crippen LogP contribution in [-0.2, 0) is 22.8 Å². The molecule has 1 aliphatic carbocycles. The molecule has 0 saturated heterocycles. The second kappa shape index (κ2) is 11.6. The number of pyridine rings is 1. The summed E-state index contributed by atoms with van der Waals surface area (Å²) < 4.78 is 69.4. The number of hydrogen-bond acceptors (Lipinski definition) is 6. The number of sulfone groups is 1. The van der Waals surface area contributed by atoms with E-state index in [9.17, 15) is 26.4 Å². The predicted octanol–water partition coefficient (Wildman–Crippen LogP) is 4.70. The number of methoxy groups -OCH3 is 1. The van der Waals surface area contributed by atoms with Crippen LogP contribution in [-0.4, -0.2) is 60.4 Å². The summed E-state index contributed by atoms with van der Waals surface area (Å²) in [5, 5.41) is 6.95. The number of ether oxygens (including phenoxy) is 1. The van der Waals surface area contributed by atoms with Crippen molar-refractivity contribution in [1.29, 1.82) is 0 Å². The van der Waals surface area contributed by atoms with Crippen LogP contribution in [0, 0.1) is 11.8 Å². The van der Waals surface area contributed by atoms with E-state index in [0.29, 0.717) is 50.0 Å². The van der Waals surface area contributed by atoms with Gasteiger partial charge in [-0.3, -0.25) is 14.5 Å². The van der Waals surface area contributed by atoms with Gasteiger partial charge in [-0.05, 0) is 38.5 Å². The minimum absolute atomic E-state index is 0.0140. The van der Waals surface area contributed by atoms with E-state index in [1.54, 1.807) is 0 Å². The number of amides is 1. The molecule has 0 bridgehead atoms. The lowest BCUT2D eigenvalue weighted by molar-refractivity contribution is -0.169. The molecule has 0 aromatic carbocycles. The molecule has 1 fully saturated rings. The second-order valence-electron chi connectivity index (χ2n) is 9.53. The minimum atomic E-state index is -4.34. The standard InChI is InChI=1S/C24H32ClF3N4O4S/c1-5-32-22(18-13-29-16(11-19(18)36-3)10-14(2)24(26,27)28)20(25)21(31-32)23(33)30-12-15-6-8-17(9-7-15)37(4,34)35/h11,13-15,17H,5-10,12H2,1-4H3,(H,30,33)/t14-,15?,17?/m1/s1. The van der Waals surface area contributed by atoms with Crippen molar-refractivity contribution in [2.45, 2.75) is 63.9 Å². The number of aryl methyl sites for hydroxylation is 1. The third kappa shape index (κ3) is 6.95. The predicted molar refractivity (Wildman–Crippen MR) is 135 cm³/mol. The lowest BCUT2D eigenvalue weighted by Crippen LogP contribution is -2.34. The molecule has 206 valence electrons. The van der Waals surface area contributed by atoms with Crippen LogP contribution in [0.5, 0.6) is 5.75 Å². The summed E-state index contributed by atoms with van der Waals surface area (Å²) in [6, 6.07) is 1.44. The topological polar surface area (TPSA) is 103 Å². The molecule has 2 aromatic heterocycles. The molecule has 0 spiro atoms. The van der Waals surface area contributed by atoms with Crippen molar-refractivity contribution in [3.63, 3.8) is 0 Å². The molecule has 2 heterocycles. The van der Waals surface area contributed by atoms with E-state index in [1.807, 2.05) is 6.92 Å². The largest absolute Gasteiger partial charge is 0.496 e. The molecule has 0 aliphatic heterocycles. The Morgan fingerprint density at radius 1 is 1.30 bits per heavy atom. The second-order valence-corrected chi connectivity index (χ2v) is 12.2. The smallest absolute Gasteiger partial charge is 0.391 e. The van der Waals surface area contributed by atoms with Gasteiger partial charge in [0.15, 0.2) is 5.69 Å². The number of hydrogen-bond donors (Lipinski definition) is 1. The number of aromatic nitrogens is 3. The van der Waals surface area contributed by atoms with Gasteiger partial charge in [0.1, 0.15) is 15.6 Å². The zero-order valence-electron chi connectivity index (χ0n) is 21.2. The quantitative estimate of drug-likeness (QED) is 0.473. The number of rotatable bonds is 9. The number of halogens is 4. The summed E-state index contributed by atoms with van der Waals surface area (Å²) >= 11 is 6.60. The first-order valence-electron chi connectivity index (χ1n) is 12.1. The van der Waals surface area contributed by atoms with Gasteiger partial charge >= 0.3 is 6.18 Å². The van der Waals surface area contributed by atoms with Gasteiger partial charge in [0.2, 0.25) is 0 Å². The molecule has 1 aliphatic rings. The molecule has 0 radical (unpaired) electrons. The van der Waals surface area contributed by atoms with E-state index in [2.05, 4.69) is 15.4 Å². The van der Waals surface area contributed by atoms with Gasteiger partial charge in [-0.25, -0.2) is 8.42 Å². The molecular formula is C24H32ClF3N4O4S. The van der Waals surface area contributed by atoms with Gasteiger partial charge in [-0.1, -0.05) is 18.5 Å². The van der Waals surface area contributed by atoms with Crippen molar-refractivity contribution in [2.24, 2.45) is 11.8 Å². The van der Waals surface area contributed by atoms with E-state index in [4.69, 9.17) is 16.3 Å². The summed E-state index contributed by atoms with van der Waals surface area (Å²) in [5.74, 6) is -1.61. The van der Waals surface area contributed by atoms with Gasteiger partial charge in [0.25, 0.3) is 5.91 Å². The Bertz CT molecular complexity index is 1230. The highest BCUT2D eigenvalue weighted by Crippen LogP contribution is 2.38. The van der Waals surface area contributed by atoms with Crippen LogP contribution < -0.4 is 10.1 Å². The van der Waals surface area contributed by atoms with E-state index < -0.39 is 27.8 Å². The van der Waals surface area contributed by atoms with Crippen LogP contribution in [0.3, 0.4) is 0 Å². The van der Waals surface area contributed by atoms with E-state index in [-0.39, 0.29) is 39.7 Å². The van der Waals surface area contributed by atoms with Crippen molar-refractivity contribution >= 4 is 27.3 Å². The summed E-state index contributed by atoms with van der Waals surface area (Å²) in [6.07, 6.45) is 0.524. The fraction of sp³-hybridized carbons (Fsp3) is 0.625. The number of carbonyl (C=O) groups is 1. The molecule has 1 amide bonds. The third-order valence-electron chi connectivity index (χ3n) is 6.83. The molecule has 1 atom stereocenters. The highest BCUT2D eigenvalue weighted by Gasteiger charge is 2.36. The first-order valence-corrected chi connectivity index (χ1v) is 14.4. The highest BCUT2D eigenvalue weighted by molar-refractivity contribution is 7.91.